The molecule has 0 fully saturated rings. The summed E-state index contributed by atoms with van der Waals surface area (Å²) in [4.78, 5) is 40.1. The van der Waals surface area contributed by atoms with E-state index in [1.807, 2.05) is 53.0 Å². The molecule has 0 aromatic carbocycles. The molecule has 0 bridgehead atoms. The second kappa shape index (κ2) is 18.7. The van der Waals surface area contributed by atoms with Gasteiger partial charge in [-0.1, -0.05) is 107 Å². The number of primary amides is 1. The van der Waals surface area contributed by atoms with Crippen LogP contribution in [0.25, 0.3) is 0 Å². The molecule has 0 spiro atoms. The molecule has 0 aromatic heterocycles. The van der Waals surface area contributed by atoms with E-state index in [-0.39, 0.29) is 45.8 Å². The van der Waals surface area contributed by atoms with Crippen molar-refractivity contribution < 1.29 is 32.7 Å². The van der Waals surface area contributed by atoms with Crippen molar-refractivity contribution in [1.82, 2.24) is 4.90 Å². The molecule has 0 radical (unpaired) electrons. The lowest BCUT2D eigenvalue weighted by molar-refractivity contribution is -0.140. The minimum Gasteiger partial charge on any atom is -0.466 e. The third kappa shape index (κ3) is 13.6. The number of nitrogens with two attached hydrogens (primary N) is 1. The molecule has 0 aliphatic heterocycles. The fourth-order valence-electron chi connectivity index (χ4n) is 5.34. The zero-order valence-electron chi connectivity index (χ0n) is 33.3. The Hall–Kier alpha value is -2.22. The van der Waals surface area contributed by atoms with Gasteiger partial charge in [0.1, 0.15) is 6.10 Å². The maximum atomic E-state index is 14.3. The molecular weight excluding hydrogens is 641 g/mol. The number of esters is 1. The van der Waals surface area contributed by atoms with Gasteiger partial charge in [-0.05, 0) is 48.1 Å². The highest BCUT2D eigenvalue weighted by atomic mass is 28.4. The van der Waals surface area contributed by atoms with Crippen LogP contribution in [0.5, 0.6) is 0 Å². The van der Waals surface area contributed by atoms with Crippen molar-refractivity contribution in [3.8, 4) is 0 Å². The second-order valence-electron chi connectivity index (χ2n) is 16.7. The summed E-state index contributed by atoms with van der Waals surface area (Å²) in [6, 6.07) is 0. The third-order valence-corrected chi connectivity index (χ3v) is 19.4. The van der Waals surface area contributed by atoms with Gasteiger partial charge >= 0.3 is 12.1 Å². The molecule has 0 rings (SSSR count). The normalized spacial score (nSPS) is 18.4. The Bertz CT molecular complexity index is 1120. The highest BCUT2D eigenvalue weighted by molar-refractivity contribution is 6.74. The number of allylic oxidation sites excluding steroid dienone is 2. The van der Waals surface area contributed by atoms with Crippen molar-refractivity contribution in [3.63, 3.8) is 0 Å². The van der Waals surface area contributed by atoms with E-state index in [1.165, 1.54) is 13.2 Å². The average Bonchev–Trinajstić information content (AvgIpc) is 2.96. The molecule has 0 aromatic rings. The van der Waals surface area contributed by atoms with Crippen LogP contribution in [0.3, 0.4) is 0 Å². The van der Waals surface area contributed by atoms with E-state index in [0.717, 1.165) is 0 Å². The molecule has 278 valence electrons. The smallest absolute Gasteiger partial charge is 0.404 e. The van der Waals surface area contributed by atoms with Gasteiger partial charge in [0.05, 0.1) is 25.2 Å². The fraction of sp³-hybridized carbons (Fsp3) is 0.757. The van der Waals surface area contributed by atoms with Crippen molar-refractivity contribution in [2.45, 2.75) is 131 Å². The SMILES string of the molecule is C=C/C=C\[C@H](C)[C@H](OC(N)=O)[C@@H](C)[C@H](O[Si](C)(C)C(C)(C)C)[C@@H](C)C(=O)N(C)C[C@H](C)[C@@H](O[Si](C)(C)C(C)(C)C)[C@@H](C)/C=C\C(=O)OC. The van der Waals surface area contributed by atoms with E-state index >= 15 is 0 Å². The van der Waals surface area contributed by atoms with Crippen molar-refractivity contribution >= 4 is 34.6 Å². The summed E-state index contributed by atoms with van der Waals surface area (Å²) < 4.78 is 24.5. The summed E-state index contributed by atoms with van der Waals surface area (Å²) >= 11 is 0. The van der Waals surface area contributed by atoms with Gasteiger partial charge in [0.15, 0.2) is 16.6 Å². The van der Waals surface area contributed by atoms with Crippen molar-refractivity contribution in [1.29, 1.82) is 0 Å². The van der Waals surface area contributed by atoms with E-state index in [1.54, 1.807) is 11.0 Å². The third-order valence-electron chi connectivity index (χ3n) is 10.5. The van der Waals surface area contributed by atoms with Gasteiger partial charge in [0, 0.05) is 31.5 Å². The van der Waals surface area contributed by atoms with Crippen LogP contribution in [0.2, 0.25) is 36.3 Å². The molecule has 0 saturated carbocycles. The maximum Gasteiger partial charge on any atom is 0.404 e. The van der Waals surface area contributed by atoms with Gasteiger partial charge in [-0.2, -0.15) is 0 Å². The van der Waals surface area contributed by atoms with E-state index in [9.17, 15) is 14.4 Å². The highest BCUT2D eigenvalue weighted by Crippen LogP contribution is 2.41. The first-order valence-electron chi connectivity index (χ1n) is 17.3. The summed E-state index contributed by atoms with van der Waals surface area (Å²) in [5.74, 6) is -1.80. The number of amides is 2. The van der Waals surface area contributed by atoms with Crippen LogP contribution >= 0.6 is 0 Å². The molecule has 2 amide bonds. The van der Waals surface area contributed by atoms with Gasteiger partial charge in [0.2, 0.25) is 5.91 Å². The Labute approximate surface area is 295 Å². The first-order valence-corrected chi connectivity index (χ1v) is 23.1. The molecule has 2 N–H and O–H groups in total. The summed E-state index contributed by atoms with van der Waals surface area (Å²) in [5.41, 5.74) is 5.55. The standard InChI is InChI=1S/C37H70N2O7Si2/c1-19-20-21-25(2)32(44-35(38)42)28(5)33(46-48(17,18)37(10,11)12)29(6)34(41)39(13)24-27(4)31(26(3)22-23-30(40)43-14)45-47(15,16)36(7,8)9/h19-23,25-29,31-33H,1,24H2,2-18H3,(H2,38,42)/b21-20-,23-22-/t25-,26-,27-,28+,29+,31-,32-,33-/m0/s1. The zero-order valence-corrected chi connectivity index (χ0v) is 35.3. The Balaban J connectivity index is 6.67. The first-order chi connectivity index (χ1) is 21.6. The average molecular weight is 711 g/mol. The zero-order chi connectivity index (χ0) is 38.0. The first kappa shape index (κ1) is 45.8. The predicted octanol–water partition coefficient (Wildman–Crippen LogP) is 8.34. The monoisotopic (exact) mass is 710 g/mol. The fourth-order valence-corrected chi connectivity index (χ4v) is 8.27. The number of carbonyl (C=O) groups is 3. The number of hydrogen-bond acceptors (Lipinski definition) is 7. The van der Waals surface area contributed by atoms with E-state index < -0.39 is 46.8 Å². The molecule has 0 aliphatic rings. The molecule has 0 unspecified atom stereocenters. The number of rotatable bonds is 18. The summed E-state index contributed by atoms with van der Waals surface area (Å²) in [7, 11) is -1.43. The Kier molecular flexibility index (Phi) is 17.8. The van der Waals surface area contributed by atoms with Crippen LogP contribution < -0.4 is 5.73 Å². The van der Waals surface area contributed by atoms with E-state index in [0.29, 0.717) is 6.54 Å². The van der Waals surface area contributed by atoms with Crippen LogP contribution in [0.4, 0.5) is 4.79 Å². The molecule has 0 heterocycles. The van der Waals surface area contributed by atoms with Gasteiger partial charge in [0.25, 0.3) is 0 Å². The number of ether oxygens (including phenoxy) is 2. The van der Waals surface area contributed by atoms with Crippen LogP contribution in [-0.2, 0) is 27.9 Å². The van der Waals surface area contributed by atoms with Crippen molar-refractivity contribution in [3.05, 3.63) is 37.0 Å². The van der Waals surface area contributed by atoms with E-state index in [2.05, 4.69) is 81.2 Å². The molecule has 11 heteroatoms. The number of hydrogen-bond donors (Lipinski definition) is 1. The Morgan fingerprint density at radius 1 is 0.812 bits per heavy atom. The summed E-state index contributed by atoms with van der Waals surface area (Å²) in [5, 5.41) is -0.149. The van der Waals surface area contributed by atoms with Gasteiger partial charge < -0.3 is 29.0 Å². The maximum absolute atomic E-state index is 14.3. The molecule has 9 nitrogen and oxygen atoms in total. The number of methoxy groups -OCH3 is 1. The number of carbonyl (C=O) groups excluding carboxylic acids is 3. The lowest BCUT2D eigenvalue weighted by Crippen LogP contribution is -2.54. The van der Waals surface area contributed by atoms with E-state index in [4.69, 9.17) is 24.1 Å². The van der Waals surface area contributed by atoms with Crippen LogP contribution in [0, 0.1) is 29.6 Å². The van der Waals surface area contributed by atoms with Gasteiger partial charge in [-0.3, -0.25) is 4.79 Å². The quantitative estimate of drug-likeness (QED) is 0.0658. The van der Waals surface area contributed by atoms with Crippen LogP contribution in [0.1, 0.15) is 76.2 Å². The topological polar surface area (TPSA) is 117 Å². The summed E-state index contributed by atoms with van der Waals surface area (Å²) in [6.07, 6.45) is 6.37. The minimum absolute atomic E-state index is 0.0288. The van der Waals surface area contributed by atoms with Gasteiger partial charge in [-0.25, -0.2) is 9.59 Å². The number of nitrogens with zero attached hydrogens (tertiary/aromatic N) is 1. The predicted molar refractivity (Wildman–Crippen MR) is 203 cm³/mol. The van der Waals surface area contributed by atoms with Crippen molar-refractivity contribution in [2.75, 3.05) is 20.7 Å². The minimum atomic E-state index is -2.39. The molecule has 0 aliphatic carbocycles. The summed E-state index contributed by atoms with van der Waals surface area (Å²) in [6.45, 7) is 35.9. The largest absolute Gasteiger partial charge is 0.466 e. The second-order valence-corrected chi connectivity index (χ2v) is 26.2. The van der Waals surface area contributed by atoms with Crippen molar-refractivity contribution in [2.24, 2.45) is 35.3 Å². The van der Waals surface area contributed by atoms with Gasteiger partial charge in [-0.15, -0.1) is 0 Å². The molecule has 0 saturated heterocycles. The molecule has 48 heavy (non-hydrogen) atoms. The Morgan fingerprint density at radius 2 is 1.27 bits per heavy atom. The van der Waals surface area contributed by atoms with Crippen LogP contribution in [-0.4, -0.2) is 78.5 Å². The lowest BCUT2D eigenvalue weighted by atomic mass is 9.83. The molecular formula is C37H70N2O7Si2. The highest BCUT2D eigenvalue weighted by Gasteiger charge is 2.46. The lowest BCUT2D eigenvalue weighted by Gasteiger charge is -2.45. The van der Waals surface area contributed by atoms with Crippen LogP contribution in [0.15, 0.2) is 37.0 Å². The molecule has 8 atom stereocenters. The Morgan fingerprint density at radius 3 is 1.69 bits per heavy atom.